The minimum absolute atomic E-state index is 0.247. The summed E-state index contributed by atoms with van der Waals surface area (Å²) in [5.41, 5.74) is 0.938. The van der Waals surface area contributed by atoms with E-state index >= 15 is 0 Å². The molecule has 3 aromatic rings. The summed E-state index contributed by atoms with van der Waals surface area (Å²) in [4.78, 5) is 0.446. The van der Waals surface area contributed by atoms with E-state index in [2.05, 4.69) is 26.9 Å². The van der Waals surface area contributed by atoms with Crippen molar-refractivity contribution in [1.29, 1.82) is 0 Å². The fourth-order valence-corrected chi connectivity index (χ4v) is 5.74. The van der Waals surface area contributed by atoms with Gasteiger partial charge in [0, 0.05) is 11.0 Å². The Labute approximate surface area is 144 Å². The third kappa shape index (κ3) is 2.96. The molecule has 0 N–H and O–H groups in total. The number of thiazole rings is 1. The fourth-order valence-electron chi connectivity index (χ4n) is 1.98. The van der Waals surface area contributed by atoms with Crippen LogP contribution >= 0.6 is 38.6 Å². The van der Waals surface area contributed by atoms with Crippen molar-refractivity contribution < 1.29 is 8.42 Å². The summed E-state index contributed by atoms with van der Waals surface area (Å²) in [7, 11) is -3.68. The second-order valence-corrected chi connectivity index (χ2v) is 9.10. The predicted octanol–water partition coefficient (Wildman–Crippen LogP) is 4.00. The molecule has 1 aromatic carbocycles. The molecule has 0 radical (unpaired) electrons. The highest BCUT2D eigenvalue weighted by atomic mass is 79.9. The van der Waals surface area contributed by atoms with E-state index in [-0.39, 0.29) is 4.21 Å². The molecule has 3 rings (SSSR count). The lowest BCUT2D eigenvalue weighted by Gasteiger charge is -2.01. The lowest BCUT2D eigenvalue weighted by molar-refractivity contribution is 0.598. The molecule has 0 saturated carbocycles. The zero-order valence-electron chi connectivity index (χ0n) is 11.3. The largest absolute Gasteiger partial charge is 0.312 e. The Balaban J connectivity index is 2.28. The SMILES string of the molecule is C=CCn1/c(=N/S(=O)(=O)c2cccs2)sc2cc(Br)ccc21. The van der Waals surface area contributed by atoms with E-state index < -0.39 is 10.0 Å². The van der Waals surface area contributed by atoms with Crippen molar-refractivity contribution >= 4 is 58.8 Å². The van der Waals surface area contributed by atoms with Gasteiger partial charge in [0.15, 0.2) is 0 Å². The van der Waals surface area contributed by atoms with E-state index in [1.165, 1.54) is 11.3 Å². The number of nitrogens with zero attached hydrogens (tertiary/aromatic N) is 2. The third-order valence-corrected chi connectivity index (χ3v) is 7.19. The predicted molar refractivity (Wildman–Crippen MR) is 94.8 cm³/mol. The minimum Gasteiger partial charge on any atom is -0.312 e. The van der Waals surface area contributed by atoms with Crippen LogP contribution in [0.4, 0.5) is 0 Å². The van der Waals surface area contributed by atoms with Crippen LogP contribution in [-0.4, -0.2) is 13.0 Å². The van der Waals surface area contributed by atoms with Crippen LogP contribution in [0.3, 0.4) is 0 Å². The molecule has 22 heavy (non-hydrogen) atoms. The van der Waals surface area contributed by atoms with Gasteiger partial charge in [-0.15, -0.1) is 22.3 Å². The van der Waals surface area contributed by atoms with Gasteiger partial charge in [0.2, 0.25) is 4.80 Å². The highest BCUT2D eigenvalue weighted by molar-refractivity contribution is 9.10. The molecule has 0 amide bonds. The van der Waals surface area contributed by atoms with Crippen molar-refractivity contribution in [2.45, 2.75) is 10.8 Å². The second-order valence-electron chi connectivity index (χ2n) is 4.39. The molecule has 2 aromatic heterocycles. The maximum Gasteiger partial charge on any atom is 0.294 e. The molecule has 0 saturated heterocycles. The van der Waals surface area contributed by atoms with E-state index in [4.69, 9.17) is 0 Å². The molecule has 0 aliphatic heterocycles. The first kappa shape index (κ1) is 15.7. The summed E-state index contributed by atoms with van der Waals surface area (Å²) < 4.78 is 32.8. The van der Waals surface area contributed by atoms with Gasteiger partial charge in [-0.05, 0) is 29.6 Å². The Hall–Kier alpha value is -1.22. The Bertz CT molecular complexity index is 999. The average Bonchev–Trinajstić information content (AvgIpc) is 3.08. The summed E-state index contributed by atoms with van der Waals surface area (Å²) in [5.74, 6) is 0. The number of halogens is 1. The lowest BCUT2D eigenvalue weighted by Crippen LogP contribution is -2.16. The molecule has 0 aliphatic rings. The van der Waals surface area contributed by atoms with Crippen LogP contribution in [0.5, 0.6) is 0 Å². The number of benzene rings is 1. The molecule has 114 valence electrons. The number of fused-ring (bicyclic) bond motifs is 1. The Morgan fingerprint density at radius 1 is 1.36 bits per heavy atom. The van der Waals surface area contributed by atoms with Gasteiger partial charge in [-0.2, -0.15) is 8.42 Å². The van der Waals surface area contributed by atoms with Crippen LogP contribution in [-0.2, 0) is 16.6 Å². The van der Waals surface area contributed by atoms with Gasteiger partial charge in [-0.3, -0.25) is 0 Å². The molecule has 0 atom stereocenters. The summed E-state index contributed by atoms with van der Waals surface area (Å²) in [6, 6.07) is 9.08. The second kappa shape index (κ2) is 6.11. The van der Waals surface area contributed by atoms with E-state index in [1.807, 2.05) is 22.8 Å². The average molecular weight is 415 g/mol. The molecule has 0 spiro atoms. The van der Waals surface area contributed by atoms with E-state index in [9.17, 15) is 8.42 Å². The number of sulfonamides is 1. The van der Waals surface area contributed by atoms with Crippen LogP contribution in [0.1, 0.15) is 0 Å². The number of hydrogen-bond donors (Lipinski definition) is 0. The summed E-state index contributed by atoms with van der Waals surface area (Å²) in [5, 5.41) is 1.72. The molecule has 0 aliphatic carbocycles. The molecule has 0 fully saturated rings. The molecule has 2 heterocycles. The molecular weight excluding hydrogens is 404 g/mol. The molecule has 4 nitrogen and oxygen atoms in total. The number of allylic oxidation sites excluding steroid dienone is 1. The van der Waals surface area contributed by atoms with E-state index in [0.29, 0.717) is 11.3 Å². The Morgan fingerprint density at radius 3 is 2.86 bits per heavy atom. The highest BCUT2D eigenvalue weighted by Crippen LogP contribution is 2.23. The zero-order chi connectivity index (χ0) is 15.7. The lowest BCUT2D eigenvalue weighted by atomic mass is 10.3. The van der Waals surface area contributed by atoms with Gasteiger partial charge in [0.1, 0.15) is 4.21 Å². The third-order valence-electron chi connectivity index (χ3n) is 2.90. The zero-order valence-corrected chi connectivity index (χ0v) is 15.3. The standard InChI is InChI=1S/C14H11BrN2O2S3/c1-2-7-17-11-6-5-10(15)9-12(11)21-14(17)16-22(18,19)13-4-3-8-20-13/h2-6,8-9H,1,7H2/b16-14-. The molecule has 8 heteroatoms. The van der Waals surface area contributed by atoms with Gasteiger partial charge >= 0.3 is 0 Å². The van der Waals surface area contributed by atoms with Gasteiger partial charge in [0.25, 0.3) is 10.0 Å². The number of thiophene rings is 1. The van der Waals surface area contributed by atoms with Crippen LogP contribution in [0.2, 0.25) is 0 Å². The number of rotatable bonds is 4. The van der Waals surface area contributed by atoms with Gasteiger partial charge in [-0.25, -0.2) is 0 Å². The van der Waals surface area contributed by atoms with Crippen molar-refractivity contribution in [1.82, 2.24) is 4.57 Å². The first-order chi connectivity index (χ1) is 10.5. The van der Waals surface area contributed by atoms with E-state index in [0.717, 1.165) is 26.0 Å². The maximum atomic E-state index is 12.4. The first-order valence-corrected chi connectivity index (χ1v) is 10.2. The van der Waals surface area contributed by atoms with Gasteiger partial charge < -0.3 is 4.57 Å². The van der Waals surface area contributed by atoms with Crippen LogP contribution < -0.4 is 4.80 Å². The molecule has 0 bridgehead atoms. The van der Waals surface area contributed by atoms with Crippen LogP contribution in [0.15, 0.2) is 61.4 Å². The molecule has 0 unspecified atom stereocenters. The summed E-state index contributed by atoms with van der Waals surface area (Å²) in [6.07, 6.45) is 1.73. The quantitative estimate of drug-likeness (QED) is 0.605. The Kier molecular flexibility index (Phi) is 4.35. The number of aromatic nitrogens is 1. The normalized spacial score (nSPS) is 12.9. The minimum atomic E-state index is -3.68. The fraction of sp³-hybridized carbons (Fsp3) is 0.0714. The monoisotopic (exact) mass is 414 g/mol. The molecular formula is C14H11BrN2O2S3. The Morgan fingerprint density at radius 2 is 2.18 bits per heavy atom. The van der Waals surface area contributed by atoms with Gasteiger partial charge in [0.05, 0.1) is 10.2 Å². The van der Waals surface area contributed by atoms with Crippen molar-refractivity contribution in [3.63, 3.8) is 0 Å². The van der Waals surface area contributed by atoms with Crippen LogP contribution in [0.25, 0.3) is 10.2 Å². The van der Waals surface area contributed by atoms with Crippen LogP contribution in [0, 0.1) is 0 Å². The maximum absolute atomic E-state index is 12.4. The van der Waals surface area contributed by atoms with Crippen molar-refractivity contribution in [2.75, 3.05) is 0 Å². The van der Waals surface area contributed by atoms with Crippen molar-refractivity contribution in [3.8, 4) is 0 Å². The van der Waals surface area contributed by atoms with Gasteiger partial charge in [-0.1, -0.05) is 39.4 Å². The first-order valence-electron chi connectivity index (χ1n) is 6.25. The van der Waals surface area contributed by atoms with Crippen molar-refractivity contribution in [2.24, 2.45) is 4.40 Å². The number of hydrogen-bond acceptors (Lipinski definition) is 4. The van der Waals surface area contributed by atoms with Crippen molar-refractivity contribution in [3.05, 3.63) is 57.6 Å². The smallest absolute Gasteiger partial charge is 0.294 e. The highest BCUT2D eigenvalue weighted by Gasteiger charge is 2.15. The topological polar surface area (TPSA) is 51.4 Å². The van der Waals surface area contributed by atoms with E-state index in [1.54, 1.807) is 23.6 Å². The summed E-state index contributed by atoms with van der Waals surface area (Å²) in [6.45, 7) is 4.23. The summed E-state index contributed by atoms with van der Waals surface area (Å²) >= 11 is 5.94.